The smallest absolute Gasteiger partial charge is 0.302 e. The summed E-state index contributed by atoms with van der Waals surface area (Å²) in [6.07, 6.45) is -14.6. The Bertz CT molecular complexity index is 581. The molecule has 160 valence electrons. The monoisotopic (exact) mass is 409 g/mol. The lowest BCUT2D eigenvalue weighted by molar-refractivity contribution is -0.341. The first-order chi connectivity index (χ1) is 13.2. The minimum atomic E-state index is -1.78. The molecule has 13 heteroatoms. The van der Waals surface area contributed by atoms with Gasteiger partial charge in [0.05, 0.1) is 6.61 Å². The van der Waals surface area contributed by atoms with Crippen molar-refractivity contribution in [3.05, 3.63) is 0 Å². The lowest BCUT2D eigenvalue weighted by Gasteiger charge is -2.45. The Morgan fingerprint density at radius 2 is 1.68 bits per heavy atom. The quantitative estimate of drug-likeness (QED) is 0.140. The second kappa shape index (κ2) is 9.80. The fraction of sp³-hybridized carbons (Fsp3) is 0.867. The van der Waals surface area contributed by atoms with Crippen LogP contribution < -0.4 is 0 Å². The van der Waals surface area contributed by atoms with Crippen molar-refractivity contribution in [2.45, 2.75) is 68.3 Å². The molecule has 2 aliphatic rings. The first kappa shape index (κ1) is 22.8. The van der Waals surface area contributed by atoms with Crippen molar-refractivity contribution in [2.75, 3.05) is 13.2 Å². The summed E-state index contributed by atoms with van der Waals surface area (Å²) in [6, 6.07) is 0. The van der Waals surface area contributed by atoms with Crippen LogP contribution in [0.3, 0.4) is 0 Å². The maximum atomic E-state index is 11.1. The van der Waals surface area contributed by atoms with Gasteiger partial charge in [0.1, 0.15) is 55.4 Å². The zero-order valence-corrected chi connectivity index (χ0v) is 14.8. The number of aliphatic hydroxyl groups is 6. The normalized spacial score (nSPS) is 43.8. The molecular weight excluding hydrogens is 386 g/mol. The number of rotatable bonds is 6. The van der Waals surface area contributed by atoms with Crippen molar-refractivity contribution in [3.8, 4) is 0 Å². The van der Waals surface area contributed by atoms with E-state index in [1.807, 2.05) is 0 Å². The molecule has 10 atom stereocenters. The molecule has 0 radical (unpaired) electrons. The predicted octanol–water partition coefficient (Wildman–Crippen LogP) is -4.48. The van der Waals surface area contributed by atoms with Crippen molar-refractivity contribution in [2.24, 2.45) is 4.99 Å². The van der Waals surface area contributed by atoms with E-state index in [2.05, 4.69) is 4.99 Å². The van der Waals surface area contributed by atoms with Gasteiger partial charge >= 0.3 is 5.97 Å². The summed E-state index contributed by atoms with van der Waals surface area (Å²) in [6.45, 7) is -0.0567. The largest absolute Gasteiger partial charge is 0.463 e. The maximum Gasteiger partial charge on any atom is 0.302 e. The summed E-state index contributed by atoms with van der Waals surface area (Å²) in [4.78, 5) is 24.8. The molecule has 0 amide bonds. The Labute approximate surface area is 158 Å². The molecule has 0 aliphatic carbocycles. The fourth-order valence-corrected chi connectivity index (χ4v) is 2.92. The molecule has 0 aromatic carbocycles. The van der Waals surface area contributed by atoms with Crippen LogP contribution >= 0.6 is 0 Å². The molecule has 0 bridgehead atoms. The summed E-state index contributed by atoms with van der Waals surface area (Å²) in [7, 11) is 0. The molecule has 2 saturated heterocycles. The number of nitrogens with zero attached hydrogens (tertiary/aromatic N) is 1. The van der Waals surface area contributed by atoms with Gasteiger partial charge in [-0.3, -0.25) is 4.79 Å². The van der Waals surface area contributed by atoms with E-state index in [4.69, 9.17) is 18.9 Å². The molecule has 6 N–H and O–H groups in total. The van der Waals surface area contributed by atoms with Gasteiger partial charge in [0, 0.05) is 6.92 Å². The number of ether oxygens (including phenoxy) is 4. The highest BCUT2D eigenvalue weighted by Gasteiger charge is 2.50. The number of hydrogen-bond donors (Lipinski definition) is 6. The maximum absolute atomic E-state index is 11.1. The number of aliphatic imine (C=N–C) groups is 1. The van der Waals surface area contributed by atoms with Gasteiger partial charge in [-0.25, -0.2) is 4.79 Å². The number of carbonyl (C=O) groups is 1. The minimum absolute atomic E-state index is 0.466. The van der Waals surface area contributed by atoms with Crippen LogP contribution in [0.15, 0.2) is 4.99 Å². The van der Waals surface area contributed by atoms with E-state index in [-0.39, 0.29) is 0 Å². The fourth-order valence-electron chi connectivity index (χ4n) is 2.92. The highest BCUT2D eigenvalue weighted by Crippen LogP contribution is 2.29. The van der Waals surface area contributed by atoms with Gasteiger partial charge < -0.3 is 49.6 Å². The van der Waals surface area contributed by atoms with Crippen LogP contribution in [0.25, 0.3) is 0 Å². The van der Waals surface area contributed by atoms with Crippen molar-refractivity contribution in [1.82, 2.24) is 0 Å². The Kier molecular flexibility index (Phi) is 7.97. The van der Waals surface area contributed by atoms with Crippen LogP contribution in [0.5, 0.6) is 0 Å². The molecule has 0 saturated carbocycles. The minimum Gasteiger partial charge on any atom is -0.463 e. The van der Waals surface area contributed by atoms with Crippen LogP contribution in [0, 0.1) is 0 Å². The average molecular weight is 409 g/mol. The first-order valence-electron chi connectivity index (χ1n) is 8.39. The van der Waals surface area contributed by atoms with E-state index in [0.29, 0.717) is 0 Å². The van der Waals surface area contributed by atoms with Gasteiger partial charge in [-0.1, -0.05) is 0 Å². The zero-order valence-electron chi connectivity index (χ0n) is 14.8. The van der Waals surface area contributed by atoms with E-state index in [9.17, 15) is 40.2 Å². The standard InChI is InChI=1S/C15H23NO12/c1-5(19)25-3-7-13(10(22)11(23)14(26-7)16-4-18)28-15-12(24)9(21)8(20)6(2-17)27-15/h6-15,17,20-24H,2-3H2,1H3. The van der Waals surface area contributed by atoms with Gasteiger partial charge in [-0.2, -0.15) is 4.99 Å². The third kappa shape index (κ3) is 4.90. The van der Waals surface area contributed by atoms with Gasteiger partial charge in [-0.15, -0.1) is 0 Å². The van der Waals surface area contributed by atoms with E-state index >= 15 is 0 Å². The second-order valence-corrected chi connectivity index (χ2v) is 6.37. The number of esters is 1. The first-order valence-corrected chi connectivity index (χ1v) is 8.39. The third-order valence-corrected chi connectivity index (χ3v) is 4.43. The van der Waals surface area contributed by atoms with E-state index in [1.165, 1.54) is 6.08 Å². The van der Waals surface area contributed by atoms with E-state index in [0.717, 1.165) is 6.92 Å². The highest BCUT2D eigenvalue weighted by molar-refractivity contribution is 5.65. The summed E-state index contributed by atoms with van der Waals surface area (Å²) < 4.78 is 20.7. The molecule has 0 aromatic rings. The average Bonchev–Trinajstić information content (AvgIpc) is 2.66. The van der Waals surface area contributed by atoms with Gasteiger partial charge in [0.25, 0.3) is 0 Å². The Hall–Kier alpha value is -1.51. The van der Waals surface area contributed by atoms with Crippen molar-refractivity contribution in [1.29, 1.82) is 0 Å². The molecule has 0 aromatic heterocycles. The van der Waals surface area contributed by atoms with Gasteiger partial charge in [-0.05, 0) is 0 Å². The van der Waals surface area contributed by atoms with E-state index < -0.39 is 80.5 Å². The topological polar surface area (TPSA) is 205 Å². The molecule has 10 unspecified atom stereocenters. The lowest BCUT2D eigenvalue weighted by atomic mass is 9.96. The Balaban J connectivity index is 2.20. The zero-order chi connectivity index (χ0) is 21.0. The number of hydrogen-bond acceptors (Lipinski definition) is 13. The summed E-state index contributed by atoms with van der Waals surface area (Å²) in [5.41, 5.74) is 0. The highest BCUT2D eigenvalue weighted by atomic mass is 16.7. The van der Waals surface area contributed by atoms with Crippen molar-refractivity contribution >= 4 is 12.0 Å². The molecule has 28 heavy (non-hydrogen) atoms. The third-order valence-electron chi connectivity index (χ3n) is 4.43. The molecule has 0 spiro atoms. The molecule has 2 fully saturated rings. The van der Waals surface area contributed by atoms with E-state index in [1.54, 1.807) is 0 Å². The molecule has 2 heterocycles. The van der Waals surface area contributed by atoms with Crippen LogP contribution in [0.1, 0.15) is 6.92 Å². The second-order valence-electron chi connectivity index (χ2n) is 6.37. The molecule has 2 rings (SSSR count). The van der Waals surface area contributed by atoms with Crippen molar-refractivity contribution < 1.29 is 59.2 Å². The SMILES string of the molecule is CC(=O)OCC1OC(N=C=O)C(O)C(O)C1OC1OC(CO)C(O)C(O)C1O. The Morgan fingerprint density at radius 1 is 1.00 bits per heavy atom. The molecular formula is C15H23NO12. The van der Waals surface area contributed by atoms with Crippen LogP contribution in [-0.2, 0) is 28.5 Å². The number of aliphatic hydroxyl groups excluding tert-OH is 6. The lowest BCUT2D eigenvalue weighted by Crippen LogP contribution is -2.64. The number of isocyanates is 1. The van der Waals surface area contributed by atoms with Crippen LogP contribution in [0.2, 0.25) is 0 Å². The van der Waals surface area contributed by atoms with Gasteiger partial charge in [0.15, 0.2) is 12.5 Å². The molecule has 2 aliphatic heterocycles. The van der Waals surface area contributed by atoms with Crippen molar-refractivity contribution in [3.63, 3.8) is 0 Å². The summed E-state index contributed by atoms with van der Waals surface area (Å²) in [5.74, 6) is -0.689. The van der Waals surface area contributed by atoms with Crippen LogP contribution in [0.4, 0.5) is 0 Å². The van der Waals surface area contributed by atoms with Crippen LogP contribution in [-0.4, -0.2) is 117 Å². The summed E-state index contributed by atoms with van der Waals surface area (Å²) in [5, 5.41) is 59.3. The summed E-state index contributed by atoms with van der Waals surface area (Å²) >= 11 is 0. The molecule has 13 nitrogen and oxygen atoms in total. The number of carbonyl (C=O) groups excluding carboxylic acids is 2. The predicted molar refractivity (Wildman–Crippen MR) is 84.1 cm³/mol. The van der Waals surface area contributed by atoms with Gasteiger partial charge in [0.2, 0.25) is 6.08 Å². The Morgan fingerprint density at radius 3 is 2.25 bits per heavy atom.